The SMILES string of the molecule is CCC(=O)c1sc(N2CCC(N(C)C(=O)OC(C)(C)C)CC2)nc1-c1ccc(Oc2ccccc2)cc1. The molecule has 8 heteroatoms. The summed E-state index contributed by atoms with van der Waals surface area (Å²) in [5.74, 6) is 1.58. The van der Waals surface area contributed by atoms with Crippen molar-refractivity contribution in [1.29, 1.82) is 0 Å². The molecule has 1 fully saturated rings. The van der Waals surface area contributed by atoms with E-state index in [4.69, 9.17) is 14.5 Å². The van der Waals surface area contributed by atoms with Crippen LogP contribution in [0.2, 0.25) is 0 Å². The van der Waals surface area contributed by atoms with Gasteiger partial charge in [-0.05, 0) is 70.0 Å². The summed E-state index contributed by atoms with van der Waals surface area (Å²) in [4.78, 5) is 34.8. The van der Waals surface area contributed by atoms with Crippen molar-refractivity contribution in [3.63, 3.8) is 0 Å². The van der Waals surface area contributed by atoms with Gasteiger partial charge in [0.1, 0.15) is 17.1 Å². The summed E-state index contributed by atoms with van der Waals surface area (Å²) in [5.41, 5.74) is 1.09. The number of piperidine rings is 1. The molecule has 1 aliphatic heterocycles. The molecule has 2 aromatic carbocycles. The van der Waals surface area contributed by atoms with Gasteiger partial charge >= 0.3 is 6.09 Å². The maximum Gasteiger partial charge on any atom is 0.410 e. The monoisotopic (exact) mass is 521 g/mol. The van der Waals surface area contributed by atoms with Crippen molar-refractivity contribution in [3.05, 3.63) is 59.5 Å². The molecule has 0 radical (unpaired) electrons. The molecule has 1 saturated heterocycles. The van der Waals surface area contributed by atoms with Gasteiger partial charge in [-0.15, -0.1) is 0 Å². The van der Waals surface area contributed by atoms with Crippen LogP contribution in [0.3, 0.4) is 0 Å². The summed E-state index contributed by atoms with van der Waals surface area (Å²) >= 11 is 1.45. The number of benzene rings is 2. The van der Waals surface area contributed by atoms with Gasteiger partial charge in [-0.25, -0.2) is 9.78 Å². The normalized spacial score (nSPS) is 14.4. The minimum atomic E-state index is -0.516. The Labute approximate surface area is 223 Å². The molecule has 37 heavy (non-hydrogen) atoms. The molecule has 0 saturated carbocycles. The second kappa shape index (κ2) is 11.3. The van der Waals surface area contributed by atoms with Crippen molar-refractivity contribution < 1.29 is 19.1 Å². The van der Waals surface area contributed by atoms with Crippen LogP contribution in [0.5, 0.6) is 11.5 Å². The Balaban J connectivity index is 1.47. The first-order chi connectivity index (χ1) is 17.6. The van der Waals surface area contributed by atoms with E-state index in [1.54, 1.807) is 11.9 Å². The number of ether oxygens (including phenoxy) is 2. The van der Waals surface area contributed by atoms with E-state index in [1.165, 1.54) is 11.3 Å². The highest BCUT2D eigenvalue weighted by molar-refractivity contribution is 7.18. The van der Waals surface area contributed by atoms with Crippen molar-refractivity contribution in [2.75, 3.05) is 25.0 Å². The second-order valence-corrected chi connectivity index (χ2v) is 11.2. The number of ketones is 1. The molecule has 0 unspecified atom stereocenters. The molecule has 0 atom stereocenters. The van der Waals surface area contributed by atoms with Gasteiger partial charge in [0.05, 0.1) is 10.6 Å². The zero-order valence-corrected chi connectivity index (χ0v) is 23.0. The van der Waals surface area contributed by atoms with Gasteiger partial charge in [0.15, 0.2) is 10.9 Å². The van der Waals surface area contributed by atoms with Crippen LogP contribution in [-0.4, -0.2) is 53.5 Å². The highest BCUT2D eigenvalue weighted by atomic mass is 32.1. The Hall–Kier alpha value is -3.39. The molecule has 1 amide bonds. The summed E-state index contributed by atoms with van der Waals surface area (Å²) in [6.07, 6.45) is 1.76. The van der Waals surface area contributed by atoms with Gasteiger partial charge in [0.25, 0.3) is 0 Å². The Morgan fingerprint density at radius 3 is 2.24 bits per heavy atom. The van der Waals surface area contributed by atoms with Gasteiger partial charge in [0, 0.05) is 38.2 Å². The minimum Gasteiger partial charge on any atom is -0.457 e. The maximum absolute atomic E-state index is 12.8. The van der Waals surface area contributed by atoms with E-state index >= 15 is 0 Å². The van der Waals surface area contributed by atoms with Crippen LogP contribution in [0.15, 0.2) is 54.6 Å². The topological polar surface area (TPSA) is 72.0 Å². The van der Waals surface area contributed by atoms with Crippen molar-refractivity contribution in [3.8, 4) is 22.8 Å². The number of thiazole rings is 1. The smallest absolute Gasteiger partial charge is 0.410 e. The molecular weight excluding hydrogens is 486 g/mol. The Morgan fingerprint density at radius 1 is 1.03 bits per heavy atom. The molecule has 1 aliphatic rings. The zero-order chi connectivity index (χ0) is 26.6. The second-order valence-electron chi connectivity index (χ2n) is 10.2. The fourth-order valence-electron chi connectivity index (χ4n) is 4.22. The highest BCUT2D eigenvalue weighted by Crippen LogP contribution is 2.36. The van der Waals surface area contributed by atoms with E-state index in [0.29, 0.717) is 17.0 Å². The van der Waals surface area contributed by atoms with E-state index < -0.39 is 5.60 Å². The molecule has 0 aliphatic carbocycles. The van der Waals surface area contributed by atoms with Crippen molar-refractivity contribution in [2.24, 2.45) is 0 Å². The third-order valence-electron chi connectivity index (χ3n) is 6.26. The van der Waals surface area contributed by atoms with Crippen molar-refractivity contribution >= 4 is 28.3 Å². The standard InChI is InChI=1S/C29H35N3O4S/c1-6-24(33)26-25(20-12-14-23(15-13-20)35-22-10-8-7-9-11-22)30-27(37-26)32-18-16-21(17-19-32)31(5)28(34)36-29(2,3)4/h7-15,21H,6,16-19H2,1-5H3. The fraction of sp³-hybridized carbons (Fsp3) is 0.414. The van der Waals surface area contributed by atoms with E-state index in [9.17, 15) is 9.59 Å². The zero-order valence-electron chi connectivity index (χ0n) is 22.2. The summed E-state index contributed by atoms with van der Waals surface area (Å²) in [6.45, 7) is 9.02. The molecule has 0 N–H and O–H groups in total. The predicted molar refractivity (Wildman–Crippen MR) is 148 cm³/mol. The Morgan fingerprint density at radius 2 is 1.65 bits per heavy atom. The Bertz CT molecular complexity index is 1210. The van der Waals surface area contributed by atoms with Crippen LogP contribution >= 0.6 is 11.3 Å². The van der Waals surface area contributed by atoms with Crippen LogP contribution in [0.25, 0.3) is 11.3 Å². The number of rotatable bonds is 7. The number of para-hydroxylation sites is 1. The summed E-state index contributed by atoms with van der Waals surface area (Å²) in [7, 11) is 1.80. The van der Waals surface area contributed by atoms with E-state index in [1.807, 2.05) is 82.3 Å². The first-order valence-corrected chi connectivity index (χ1v) is 13.5. The summed E-state index contributed by atoms with van der Waals surface area (Å²) in [5, 5.41) is 0.842. The quantitative estimate of drug-likeness (QED) is 0.311. The van der Waals surface area contributed by atoms with Gasteiger partial charge in [0.2, 0.25) is 0 Å². The number of Topliss-reactive ketones (excluding diaryl/α,β-unsaturated/α-hetero) is 1. The molecule has 4 rings (SSSR count). The number of aromatic nitrogens is 1. The molecule has 1 aromatic heterocycles. The first-order valence-electron chi connectivity index (χ1n) is 12.7. The Kier molecular flexibility index (Phi) is 8.17. The van der Waals surface area contributed by atoms with E-state index in [0.717, 1.165) is 48.1 Å². The van der Waals surface area contributed by atoms with E-state index in [-0.39, 0.29) is 17.9 Å². The number of hydrogen-bond acceptors (Lipinski definition) is 7. The molecule has 7 nitrogen and oxygen atoms in total. The largest absolute Gasteiger partial charge is 0.457 e. The lowest BCUT2D eigenvalue weighted by atomic mass is 10.0. The van der Waals surface area contributed by atoms with Crippen molar-refractivity contribution in [1.82, 2.24) is 9.88 Å². The van der Waals surface area contributed by atoms with E-state index in [2.05, 4.69) is 4.90 Å². The average Bonchev–Trinajstić information content (AvgIpc) is 3.33. The van der Waals surface area contributed by atoms with Crippen LogP contribution in [0.1, 0.15) is 56.6 Å². The summed E-state index contributed by atoms with van der Waals surface area (Å²) in [6, 6.07) is 17.4. The number of carbonyl (C=O) groups excluding carboxylic acids is 2. The molecular formula is C29H35N3O4S. The first kappa shape index (κ1) is 26.7. The molecule has 0 bridgehead atoms. The average molecular weight is 522 g/mol. The van der Waals surface area contributed by atoms with Crippen LogP contribution in [0.4, 0.5) is 9.93 Å². The molecule has 2 heterocycles. The lowest BCUT2D eigenvalue weighted by Gasteiger charge is -2.37. The number of anilines is 1. The number of amides is 1. The van der Waals surface area contributed by atoms with Gasteiger partial charge < -0.3 is 19.3 Å². The van der Waals surface area contributed by atoms with Crippen molar-refractivity contribution in [2.45, 2.75) is 58.6 Å². The number of carbonyl (C=O) groups is 2. The fourth-order valence-corrected chi connectivity index (χ4v) is 5.37. The third-order valence-corrected chi connectivity index (χ3v) is 7.42. The number of hydrogen-bond donors (Lipinski definition) is 0. The van der Waals surface area contributed by atoms with Gasteiger partial charge in [-0.1, -0.05) is 36.5 Å². The lowest BCUT2D eigenvalue weighted by molar-refractivity contribution is 0.0201. The molecule has 3 aromatic rings. The molecule has 196 valence electrons. The summed E-state index contributed by atoms with van der Waals surface area (Å²) < 4.78 is 11.4. The third kappa shape index (κ3) is 6.68. The van der Waals surface area contributed by atoms with Gasteiger partial charge in [-0.3, -0.25) is 4.79 Å². The van der Waals surface area contributed by atoms with Crippen LogP contribution in [0, 0.1) is 0 Å². The number of nitrogens with zero attached hydrogens (tertiary/aromatic N) is 3. The maximum atomic E-state index is 12.8. The van der Waals surface area contributed by atoms with Crippen LogP contribution < -0.4 is 9.64 Å². The predicted octanol–water partition coefficient (Wildman–Crippen LogP) is 7.03. The molecule has 0 spiro atoms. The lowest BCUT2D eigenvalue weighted by Crippen LogP contribution is -2.47. The minimum absolute atomic E-state index is 0.0860. The van der Waals surface area contributed by atoms with Crippen LogP contribution in [-0.2, 0) is 4.74 Å². The van der Waals surface area contributed by atoms with Gasteiger partial charge in [-0.2, -0.15) is 0 Å². The highest BCUT2D eigenvalue weighted by Gasteiger charge is 2.30.